The number of fused-ring (bicyclic) bond motifs is 3. The van der Waals surface area contributed by atoms with Crippen molar-refractivity contribution in [2.24, 2.45) is 0 Å². The number of hydrogen-bond donors (Lipinski definition) is 1. The highest BCUT2D eigenvalue weighted by Crippen LogP contribution is 2.26. The molecule has 8 heteroatoms. The molecule has 1 amide bonds. The van der Waals surface area contributed by atoms with Crippen LogP contribution in [-0.4, -0.2) is 36.9 Å². The SMILES string of the molecule is C=CCNC(=O)[C@@H](C)Sc1nnc2n(-c3ccccc3C)c(=O)c3ccccc3n12. The van der Waals surface area contributed by atoms with Gasteiger partial charge in [-0.15, -0.1) is 16.8 Å². The molecule has 152 valence electrons. The molecule has 0 radical (unpaired) electrons. The molecular weight excluding hydrogens is 398 g/mol. The lowest BCUT2D eigenvalue weighted by atomic mass is 10.2. The van der Waals surface area contributed by atoms with Gasteiger partial charge in [-0.2, -0.15) is 0 Å². The lowest BCUT2D eigenvalue weighted by Crippen LogP contribution is -2.31. The number of para-hydroxylation sites is 2. The molecular formula is C22H21N5O2S. The number of rotatable bonds is 6. The monoisotopic (exact) mass is 419 g/mol. The summed E-state index contributed by atoms with van der Waals surface area (Å²) < 4.78 is 3.42. The van der Waals surface area contributed by atoms with Crippen molar-refractivity contribution in [3.05, 3.63) is 77.1 Å². The zero-order valence-electron chi connectivity index (χ0n) is 16.7. The molecule has 0 fully saturated rings. The van der Waals surface area contributed by atoms with Crippen LogP contribution in [0.25, 0.3) is 22.4 Å². The minimum absolute atomic E-state index is 0.117. The molecule has 2 aromatic heterocycles. The Kier molecular flexibility index (Phi) is 5.41. The van der Waals surface area contributed by atoms with E-state index in [1.165, 1.54) is 11.8 Å². The average Bonchev–Trinajstić information content (AvgIpc) is 3.16. The van der Waals surface area contributed by atoms with Crippen LogP contribution in [0.15, 0.2) is 71.1 Å². The topological polar surface area (TPSA) is 81.3 Å². The fourth-order valence-corrected chi connectivity index (χ4v) is 4.19. The molecule has 2 aromatic carbocycles. The maximum atomic E-state index is 13.4. The number of nitrogens with zero attached hydrogens (tertiary/aromatic N) is 4. The number of carbonyl (C=O) groups is 1. The summed E-state index contributed by atoms with van der Waals surface area (Å²) in [5.41, 5.74) is 2.24. The molecule has 4 rings (SSSR count). The zero-order valence-corrected chi connectivity index (χ0v) is 17.5. The van der Waals surface area contributed by atoms with Crippen LogP contribution in [0, 0.1) is 6.92 Å². The van der Waals surface area contributed by atoms with Gasteiger partial charge in [0.2, 0.25) is 11.7 Å². The first kappa shape index (κ1) is 19.9. The second-order valence-corrected chi connectivity index (χ2v) is 8.16. The summed E-state index contributed by atoms with van der Waals surface area (Å²) in [6.45, 7) is 7.78. The van der Waals surface area contributed by atoms with E-state index in [1.54, 1.807) is 16.7 Å². The van der Waals surface area contributed by atoms with Crippen LogP contribution in [0.1, 0.15) is 12.5 Å². The van der Waals surface area contributed by atoms with Gasteiger partial charge in [0.05, 0.1) is 21.8 Å². The molecule has 0 aliphatic rings. The van der Waals surface area contributed by atoms with Crippen molar-refractivity contribution >= 4 is 34.3 Å². The maximum Gasteiger partial charge on any atom is 0.267 e. The second-order valence-electron chi connectivity index (χ2n) is 6.86. The van der Waals surface area contributed by atoms with Gasteiger partial charge in [-0.25, -0.2) is 4.57 Å². The molecule has 4 aromatic rings. The van der Waals surface area contributed by atoms with Crippen LogP contribution in [0.4, 0.5) is 0 Å². The van der Waals surface area contributed by atoms with E-state index in [4.69, 9.17) is 0 Å². The van der Waals surface area contributed by atoms with Gasteiger partial charge < -0.3 is 5.32 Å². The van der Waals surface area contributed by atoms with E-state index in [0.29, 0.717) is 28.4 Å². The maximum absolute atomic E-state index is 13.4. The van der Waals surface area contributed by atoms with Gasteiger partial charge >= 0.3 is 0 Å². The van der Waals surface area contributed by atoms with Gasteiger partial charge in [0.1, 0.15) is 0 Å². The fraction of sp³-hybridized carbons (Fsp3) is 0.182. The van der Waals surface area contributed by atoms with Crippen molar-refractivity contribution < 1.29 is 4.79 Å². The number of hydrogen-bond acceptors (Lipinski definition) is 5. The first-order valence-corrected chi connectivity index (χ1v) is 10.4. The summed E-state index contributed by atoms with van der Waals surface area (Å²) in [4.78, 5) is 25.7. The average molecular weight is 420 g/mol. The summed E-state index contributed by atoms with van der Waals surface area (Å²) >= 11 is 1.29. The van der Waals surface area contributed by atoms with Crippen LogP contribution < -0.4 is 10.9 Å². The standard InChI is InChI=1S/C22H21N5O2S/c1-4-13-23-19(28)15(3)30-22-25-24-21-26(17-11-7-5-9-14(17)2)20(29)16-10-6-8-12-18(16)27(21)22/h4-12,15H,1,13H2,2-3H3,(H,23,28)/t15-/m1/s1. The first-order valence-electron chi connectivity index (χ1n) is 9.53. The highest BCUT2D eigenvalue weighted by molar-refractivity contribution is 8.00. The molecule has 1 atom stereocenters. The molecule has 0 spiro atoms. The lowest BCUT2D eigenvalue weighted by Gasteiger charge is -2.14. The summed E-state index contributed by atoms with van der Waals surface area (Å²) in [6, 6.07) is 15.0. The zero-order chi connectivity index (χ0) is 21.3. The lowest BCUT2D eigenvalue weighted by molar-refractivity contribution is -0.120. The molecule has 0 aliphatic carbocycles. The third-order valence-corrected chi connectivity index (χ3v) is 5.87. The van der Waals surface area contributed by atoms with Gasteiger partial charge in [-0.1, -0.05) is 48.2 Å². The summed E-state index contributed by atoms with van der Waals surface area (Å²) in [6.07, 6.45) is 1.64. The highest BCUT2D eigenvalue weighted by Gasteiger charge is 2.22. The van der Waals surface area contributed by atoms with Crippen molar-refractivity contribution in [1.82, 2.24) is 24.5 Å². The number of aromatic nitrogens is 4. The van der Waals surface area contributed by atoms with Crippen LogP contribution in [-0.2, 0) is 4.79 Å². The van der Waals surface area contributed by atoms with E-state index >= 15 is 0 Å². The number of amides is 1. The molecule has 2 heterocycles. The predicted octanol–water partition coefficient (Wildman–Crippen LogP) is 3.12. The number of carbonyl (C=O) groups excluding carboxylic acids is 1. The van der Waals surface area contributed by atoms with Gasteiger partial charge in [-0.3, -0.25) is 14.0 Å². The van der Waals surface area contributed by atoms with Crippen molar-refractivity contribution in [2.45, 2.75) is 24.3 Å². The second kappa shape index (κ2) is 8.16. The van der Waals surface area contributed by atoms with Crippen molar-refractivity contribution in [3.8, 4) is 5.69 Å². The van der Waals surface area contributed by atoms with E-state index in [2.05, 4.69) is 22.1 Å². The summed E-state index contributed by atoms with van der Waals surface area (Å²) in [5, 5.41) is 12.1. The number of nitrogens with one attached hydrogen (secondary N) is 1. The van der Waals surface area contributed by atoms with Gasteiger partial charge in [0.25, 0.3) is 5.56 Å². The van der Waals surface area contributed by atoms with E-state index in [9.17, 15) is 9.59 Å². The Labute approximate surface area is 177 Å². The van der Waals surface area contributed by atoms with Gasteiger partial charge in [0.15, 0.2) is 5.16 Å². The first-order chi connectivity index (χ1) is 14.5. The minimum atomic E-state index is -0.394. The molecule has 0 saturated carbocycles. The molecule has 0 aliphatic heterocycles. The Morgan fingerprint density at radius 3 is 2.70 bits per heavy atom. The fourth-order valence-electron chi connectivity index (χ4n) is 3.31. The number of benzene rings is 2. The third kappa shape index (κ3) is 3.39. The van der Waals surface area contributed by atoms with Crippen molar-refractivity contribution in [1.29, 1.82) is 0 Å². The highest BCUT2D eigenvalue weighted by atomic mass is 32.2. The molecule has 7 nitrogen and oxygen atoms in total. The Morgan fingerprint density at radius 1 is 1.20 bits per heavy atom. The number of thioether (sulfide) groups is 1. The van der Waals surface area contributed by atoms with Crippen LogP contribution in [0.5, 0.6) is 0 Å². The predicted molar refractivity (Wildman–Crippen MR) is 119 cm³/mol. The van der Waals surface area contributed by atoms with E-state index < -0.39 is 5.25 Å². The van der Waals surface area contributed by atoms with E-state index in [1.807, 2.05) is 60.7 Å². The third-order valence-electron chi connectivity index (χ3n) is 4.82. The molecule has 1 N–H and O–H groups in total. The van der Waals surface area contributed by atoms with Gasteiger partial charge in [0, 0.05) is 6.54 Å². The smallest absolute Gasteiger partial charge is 0.267 e. The van der Waals surface area contributed by atoms with E-state index in [0.717, 1.165) is 11.3 Å². The Morgan fingerprint density at radius 2 is 1.93 bits per heavy atom. The van der Waals surface area contributed by atoms with E-state index in [-0.39, 0.29) is 11.5 Å². The molecule has 0 unspecified atom stereocenters. The molecule has 0 saturated heterocycles. The van der Waals surface area contributed by atoms with Crippen molar-refractivity contribution in [3.63, 3.8) is 0 Å². The summed E-state index contributed by atoms with van der Waals surface area (Å²) in [7, 11) is 0. The minimum Gasteiger partial charge on any atom is -0.352 e. The molecule has 30 heavy (non-hydrogen) atoms. The summed E-state index contributed by atoms with van der Waals surface area (Å²) in [5.74, 6) is 0.294. The Bertz CT molecular complexity index is 1320. The van der Waals surface area contributed by atoms with Crippen molar-refractivity contribution in [2.75, 3.05) is 6.54 Å². The Hall–Kier alpha value is -3.39. The quantitative estimate of drug-likeness (QED) is 0.384. The van der Waals surface area contributed by atoms with Gasteiger partial charge in [-0.05, 0) is 37.6 Å². The van der Waals surface area contributed by atoms with Crippen LogP contribution in [0.2, 0.25) is 0 Å². The largest absolute Gasteiger partial charge is 0.352 e. The van der Waals surface area contributed by atoms with Crippen LogP contribution in [0.3, 0.4) is 0 Å². The molecule has 0 bridgehead atoms. The normalized spacial score (nSPS) is 12.2. The number of aryl methyl sites for hydroxylation is 1. The Balaban J connectivity index is 1.94. The van der Waals surface area contributed by atoms with Crippen LogP contribution >= 0.6 is 11.8 Å².